The summed E-state index contributed by atoms with van der Waals surface area (Å²) in [7, 11) is -2.22. The zero-order chi connectivity index (χ0) is 30.8. The van der Waals surface area contributed by atoms with Crippen molar-refractivity contribution in [1.29, 1.82) is 0 Å². The topological polar surface area (TPSA) is 125 Å². The third-order valence-corrected chi connectivity index (χ3v) is 7.16. The number of carbonyl (C=O) groups excluding carboxylic acids is 2. The van der Waals surface area contributed by atoms with Crippen LogP contribution in [0.3, 0.4) is 0 Å². The number of hydrogen-bond acceptors (Lipinski definition) is 9. The molecule has 0 bridgehead atoms. The minimum absolute atomic E-state index is 0.0965. The lowest BCUT2D eigenvalue weighted by Crippen LogP contribution is -2.32. The second kappa shape index (κ2) is 14.4. The standard InChI is InChI=1S/C29H29NO8S.C2H6/c1-19-11-12-20(18-37-30-33)17-24(19)27(31)38-29(2,3)26(22-13-15-23(16-14-22)39(5,34)35)25(28(32)36-4)21-9-7-6-8-10-21;1-2/h6-17H,18H2,1-5H3;1-2H3/b26-25-;. The SMILES string of the molecule is CC.COC(=O)/C(=C(/c1ccc(S(C)(=O)=O)cc1)C(C)(C)OC(=O)c1cc(CON=O)ccc1C)c1ccccc1. The largest absolute Gasteiger partial charge is 0.465 e. The molecule has 0 atom stereocenters. The first-order chi connectivity index (χ1) is 19.4. The summed E-state index contributed by atoms with van der Waals surface area (Å²) in [5, 5.41) is 2.38. The molecule has 0 unspecified atom stereocenters. The van der Waals surface area contributed by atoms with Crippen LogP contribution in [-0.2, 0) is 35.5 Å². The summed E-state index contributed by atoms with van der Waals surface area (Å²) in [6, 6.07) is 19.7. The molecule has 0 aromatic heterocycles. The second-order valence-electron chi connectivity index (χ2n) is 9.30. The summed E-state index contributed by atoms with van der Waals surface area (Å²) in [5.74, 6) is -1.34. The maximum absolute atomic E-state index is 13.5. The summed E-state index contributed by atoms with van der Waals surface area (Å²) in [4.78, 5) is 41.7. The first kappa shape index (κ1) is 32.9. The number of methoxy groups -OCH3 is 1. The molecule has 0 radical (unpaired) electrons. The average Bonchev–Trinajstić information content (AvgIpc) is 2.95. The van der Waals surface area contributed by atoms with Gasteiger partial charge in [0.1, 0.15) is 12.2 Å². The van der Waals surface area contributed by atoms with Gasteiger partial charge in [0.05, 0.1) is 23.1 Å². The van der Waals surface area contributed by atoms with Crippen molar-refractivity contribution in [3.05, 3.63) is 106 Å². The minimum Gasteiger partial charge on any atom is -0.465 e. The van der Waals surface area contributed by atoms with Gasteiger partial charge in [0, 0.05) is 11.8 Å². The van der Waals surface area contributed by atoms with Gasteiger partial charge in [0.2, 0.25) is 0 Å². The first-order valence-electron chi connectivity index (χ1n) is 12.9. The van der Waals surface area contributed by atoms with E-state index in [9.17, 15) is 22.9 Å². The molecule has 0 amide bonds. The van der Waals surface area contributed by atoms with Gasteiger partial charge in [0.25, 0.3) is 0 Å². The third-order valence-electron chi connectivity index (χ3n) is 6.03. The van der Waals surface area contributed by atoms with Crippen molar-refractivity contribution in [3.63, 3.8) is 0 Å². The van der Waals surface area contributed by atoms with Gasteiger partial charge in [-0.05, 0) is 61.2 Å². The van der Waals surface area contributed by atoms with Crippen LogP contribution in [0, 0.1) is 11.8 Å². The average molecular weight is 582 g/mol. The van der Waals surface area contributed by atoms with Crippen LogP contribution < -0.4 is 0 Å². The molecule has 0 aliphatic heterocycles. The van der Waals surface area contributed by atoms with Crippen molar-refractivity contribution in [2.75, 3.05) is 13.4 Å². The Labute approximate surface area is 241 Å². The van der Waals surface area contributed by atoms with Crippen LogP contribution in [0.25, 0.3) is 11.1 Å². The van der Waals surface area contributed by atoms with E-state index in [4.69, 9.17) is 9.47 Å². The number of hydrogen-bond donors (Lipinski definition) is 0. The smallest absolute Gasteiger partial charge is 0.339 e. The molecule has 0 saturated heterocycles. The van der Waals surface area contributed by atoms with Gasteiger partial charge in [-0.25, -0.2) is 18.0 Å². The highest BCUT2D eigenvalue weighted by atomic mass is 32.2. The summed E-state index contributed by atoms with van der Waals surface area (Å²) in [6.07, 6.45) is 1.10. The predicted molar refractivity (Wildman–Crippen MR) is 157 cm³/mol. The highest BCUT2D eigenvalue weighted by Crippen LogP contribution is 2.39. The van der Waals surface area contributed by atoms with E-state index in [2.05, 4.69) is 10.2 Å². The molecule has 0 fully saturated rings. The molecule has 3 aromatic rings. The van der Waals surface area contributed by atoms with Crippen LogP contribution >= 0.6 is 0 Å². The van der Waals surface area contributed by atoms with Crippen LogP contribution in [0.15, 0.2) is 83.0 Å². The summed E-state index contributed by atoms with van der Waals surface area (Å²) in [5.41, 5.74) is 1.44. The van der Waals surface area contributed by atoms with Gasteiger partial charge in [-0.3, -0.25) is 0 Å². The van der Waals surface area contributed by atoms with Crippen LogP contribution in [0.1, 0.15) is 60.3 Å². The van der Waals surface area contributed by atoms with E-state index in [1.54, 1.807) is 81.4 Å². The molecule has 9 nitrogen and oxygen atoms in total. The van der Waals surface area contributed by atoms with E-state index >= 15 is 0 Å². The van der Waals surface area contributed by atoms with Gasteiger partial charge in [-0.15, -0.1) is 4.91 Å². The van der Waals surface area contributed by atoms with Crippen LogP contribution in [0.5, 0.6) is 0 Å². The number of sulfone groups is 1. The highest BCUT2D eigenvalue weighted by molar-refractivity contribution is 7.90. The summed E-state index contributed by atoms with van der Waals surface area (Å²) in [6.45, 7) is 8.88. The van der Waals surface area contributed by atoms with Crippen molar-refractivity contribution in [2.24, 2.45) is 5.34 Å². The molecule has 218 valence electrons. The Bertz CT molecular complexity index is 1510. The fraction of sp³-hybridized carbons (Fsp3) is 0.290. The number of esters is 2. The summed E-state index contributed by atoms with van der Waals surface area (Å²) < 4.78 is 35.3. The van der Waals surface area contributed by atoms with Crippen molar-refractivity contribution in [2.45, 2.75) is 51.7 Å². The van der Waals surface area contributed by atoms with Gasteiger partial charge in [-0.1, -0.05) is 68.4 Å². The molecule has 0 aliphatic carbocycles. The van der Waals surface area contributed by atoms with E-state index in [0.29, 0.717) is 27.8 Å². The van der Waals surface area contributed by atoms with Gasteiger partial charge in [-0.2, -0.15) is 0 Å². The number of rotatable bonds is 10. The Morgan fingerprint density at radius 3 is 2.05 bits per heavy atom. The van der Waals surface area contributed by atoms with E-state index in [0.717, 1.165) is 6.26 Å². The molecular formula is C31H35NO8S. The Hall–Kier alpha value is -4.31. The first-order valence-corrected chi connectivity index (χ1v) is 14.7. The molecule has 0 aliphatic rings. The molecule has 3 aromatic carbocycles. The Morgan fingerprint density at radius 2 is 1.51 bits per heavy atom. The monoisotopic (exact) mass is 581 g/mol. The lowest BCUT2D eigenvalue weighted by atomic mass is 9.84. The fourth-order valence-corrected chi connectivity index (χ4v) is 4.78. The van der Waals surface area contributed by atoms with Crippen molar-refractivity contribution in [3.8, 4) is 0 Å². The van der Waals surface area contributed by atoms with Crippen molar-refractivity contribution >= 4 is 32.9 Å². The maximum atomic E-state index is 13.5. The van der Waals surface area contributed by atoms with E-state index in [1.807, 2.05) is 13.8 Å². The maximum Gasteiger partial charge on any atom is 0.339 e. The van der Waals surface area contributed by atoms with E-state index in [1.165, 1.54) is 19.2 Å². The number of ether oxygens (including phenoxy) is 2. The fourth-order valence-electron chi connectivity index (χ4n) is 4.15. The van der Waals surface area contributed by atoms with Crippen LogP contribution in [0.4, 0.5) is 0 Å². The van der Waals surface area contributed by atoms with Crippen molar-refractivity contribution in [1.82, 2.24) is 0 Å². The molecule has 0 N–H and O–H groups in total. The second-order valence-corrected chi connectivity index (χ2v) is 11.3. The summed E-state index contributed by atoms with van der Waals surface area (Å²) >= 11 is 0. The number of benzene rings is 3. The lowest BCUT2D eigenvalue weighted by Gasteiger charge is -2.31. The Morgan fingerprint density at radius 1 is 0.902 bits per heavy atom. The normalized spacial score (nSPS) is 11.8. The highest BCUT2D eigenvalue weighted by Gasteiger charge is 2.35. The quantitative estimate of drug-likeness (QED) is 0.0892. The molecule has 0 spiro atoms. The minimum atomic E-state index is -3.47. The molecular weight excluding hydrogens is 546 g/mol. The van der Waals surface area contributed by atoms with Crippen LogP contribution in [-0.4, -0.2) is 39.3 Å². The Kier molecular flexibility index (Phi) is 11.5. The number of carbonyl (C=O) groups is 2. The molecule has 10 heteroatoms. The predicted octanol–water partition coefficient (Wildman–Crippen LogP) is 6.34. The lowest BCUT2D eigenvalue weighted by molar-refractivity contribution is -0.133. The molecule has 0 saturated carbocycles. The van der Waals surface area contributed by atoms with Crippen LogP contribution in [0.2, 0.25) is 0 Å². The van der Waals surface area contributed by atoms with E-state index < -0.39 is 27.4 Å². The zero-order valence-corrected chi connectivity index (χ0v) is 25.1. The van der Waals surface area contributed by atoms with Gasteiger partial charge >= 0.3 is 11.9 Å². The Balaban J connectivity index is 0.00000287. The van der Waals surface area contributed by atoms with E-state index in [-0.39, 0.29) is 22.6 Å². The van der Waals surface area contributed by atoms with Crippen molar-refractivity contribution < 1.29 is 32.3 Å². The third kappa shape index (κ3) is 8.34. The molecule has 0 heterocycles. The molecule has 41 heavy (non-hydrogen) atoms. The molecule has 3 rings (SSSR count). The zero-order valence-electron chi connectivity index (χ0n) is 24.3. The van der Waals surface area contributed by atoms with Gasteiger partial charge in [0.15, 0.2) is 15.2 Å². The number of aryl methyl sites for hydroxylation is 1. The number of nitrogens with zero attached hydrogens (tertiary/aromatic N) is 1. The van der Waals surface area contributed by atoms with Gasteiger partial charge < -0.3 is 14.3 Å².